The van der Waals surface area contributed by atoms with E-state index in [2.05, 4.69) is 4.98 Å². The molecule has 6 nitrogen and oxygen atoms in total. The number of Topliss-reactive ketones (excluding diaryl/α,β-unsaturated/α-hetero) is 1. The van der Waals surface area contributed by atoms with Gasteiger partial charge in [-0.1, -0.05) is 0 Å². The highest BCUT2D eigenvalue weighted by molar-refractivity contribution is 7.89. The molecule has 1 aliphatic rings. The van der Waals surface area contributed by atoms with Gasteiger partial charge in [0.2, 0.25) is 10.0 Å². The van der Waals surface area contributed by atoms with Crippen LogP contribution in [0.4, 0.5) is 5.82 Å². The van der Waals surface area contributed by atoms with Crippen molar-refractivity contribution in [3.05, 3.63) is 23.9 Å². The predicted molar refractivity (Wildman–Crippen MR) is 72.6 cm³/mol. The minimum atomic E-state index is -3.44. The average molecular weight is 283 g/mol. The van der Waals surface area contributed by atoms with Crippen LogP contribution < -0.4 is 10.0 Å². The van der Waals surface area contributed by atoms with Crippen molar-refractivity contribution >= 4 is 21.6 Å². The number of carbonyl (C=O) groups excluding carboxylic acids is 1. The fourth-order valence-corrected chi connectivity index (χ4v) is 3.06. The molecule has 0 unspecified atom stereocenters. The number of nitrogens with zero attached hydrogens (tertiary/aromatic N) is 2. The molecule has 104 valence electrons. The van der Waals surface area contributed by atoms with Gasteiger partial charge in [0.25, 0.3) is 0 Å². The Hall–Kier alpha value is -1.47. The molecule has 0 atom stereocenters. The van der Waals surface area contributed by atoms with Crippen LogP contribution in [-0.2, 0) is 10.0 Å². The lowest BCUT2D eigenvalue weighted by Crippen LogP contribution is -2.41. The Morgan fingerprint density at radius 3 is 2.42 bits per heavy atom. The van der Waals surface area contributed by atoms with Crippen LogP contribution in [-0.4, -0.2) is 37.5 Å². The Kier molecular flexibility index (Phi) is 3.86. The quantitative estimate of drug-likeness (QED) is 0.817. The SMILES string of the molecule is CC(=O)c1ccc(N2CCC(S(N)(=O)=O)CC2)nc1. The first-order valence-corrected chi connectivity index (χ1v) is 7.72. The minimum absolute atomic E-state index is 0.0213. The van der Waals surface area contributed by atoms with Crippen molar-refractivity contribution in [2.45, 2.75) is 25.0 Å². The zero-order chi connectivity index (χ0) is 14.0. The first-order chi connectivity index (χ1) is 8.88. The molecular formula is C12H17N3O3S. The number of pyridine rings is 1. The highest BCUT2D eigenvalue weighted by atomic mass is 32.2. The third kappa shape index (κ3) is 3.30. The molecule has 7 heteroatoms. The summed E-state index contributed by atoms with van der Waals surface area (Å²) in [6, 6.07) is 3.52. The van der Waals surface area contributed by atoms with E-state index in [1.807, 2.05) is 4.90 Å². The van der Waals surface area contributed by atoms with E-state index in [9.17, 15) is 13.2 Å². The van der Waals surface area contributed by atoms with Crippen molar-refractivity contribution in [1.29, 1.82) is 0 Å². The summed E-state index contributed by atoms with van der Waals surface area (Å²) in [7, 11) is -3.44. The summed E-state index contributed by atoms with van der Waals surface area (Å²) in [5.41, 5.74) is 0.572. The van der Waals surface area contributed by atoms with Gasteiger partial charge in [-0.25, -0.2) is 18.5 Å². The maximum atomic E-state index is 11.3. The second-order valence-electron chi connectivity index (χ2n) is 4.74. The van der Waals surface area contributed by atoms with Gasteiger partial charge in [-0.15, -0.1) is 0 Å². The Morgan fingerprint density at radius 1 is 1.37 bits per heavy atom. The number of hydrogen-bond acceptors (Lipinski definition) is 5. The summed E-state index contributed by atoms with van der Waals surface area (Å²) in [5.74, 6) is 0.741. The van der Waals surface area contributed by atoms with E-state index in [4.69, 9.17) is 5.14 Å². The van der Waals surface area contributed by atoms with Crippen LogP contribution in [0, 0.1) is 0 Å². The molecular weight excluding hydrogens is 266 g/mol. The normalized spacial score (nSPS) is 17.5. The van der Waals surface area contributed by atoms with E-state index in [1.165, 1.54) is 6.92 Å². The van der Waals surface area contributed by atoms with Crippen LogP contribution in [0.15, 0.2) is 18.3 Å². The molecule has 1 aromatic rings. The van der Waals surface area contributed by atoms with Crippen LogP contribution in [0.5, 0.6) is 0 Å². The molecule has 19 heavy (non-hydrogen) atoms. The minimum Gasteiger partial charge on any atom is -0.357 e. The van der Waals surface area contributed by atoms with Crippen LogP contribution in [0.1, 0.15) is 30.1 Å². The summed E-state index contributed by atoms with van der Waals surface area (Å²) in [5, 5.41) is 4.69. The highest BCUT2D eigenvalue weighted by Crippen LogP contribution is 2.21. The number of anilines is 1. The summed E-state index contributed by atoms with van der Waals surface area (Å²) >= 11 is 0. The molecule has 1 aliphatic heterocycles. The molecule has 2 heterocycles. The number of aromatic nitrogens is 1. The van der Waals surface area contributed by atoms with Gasteiger partial charge < -0.3 is 4.90 Å². The largest absolute Gasteiger partial charge is 0.357 e. The molecule has 0 spiro atoms. The maximum absolute atomic E-state index is 11.3. The fraction of sp³-hybridized carbons (Fsp3) is 0.500. The molecule has 1 saturated heterocycles. The highest BCUT2D eigenvalue weighted by Gasteiger charge is 2.27. The van der Waals surface area contributed by atoms with Crippen molar-refractivity contribution in [2.75, 3.05) is 18.0 Å². The number of carbonyl (C=O) groups is 1. The van der Waals surface area contributed by atoms with E-state index in [0.29, 0.717) is 31.5 Å². The zero-order valence-electron chi connectivity index (χ0n) is 10.7. The topological polar surface area (TPSA) is 93.4 Å². The van der Waals surface area contributed by atoms with E-state index in [1.54, 1.807) is 18.3 Å². The molecule has 0 saturated carbocycles. The molecule has 2 N–H and O–H groups in total. The number of primary sulfonamides is 1. The summed E-state index contributed by atoms with van der Waals surface area (Å²) in [6.07, 6.45) is 2.56. The Morgan fingerprint density at radius 2 is 2.00 bits per heavy atom. The summed E-state index contributed by atoms with van der Waals surface area (Å²) < 4.78 is 22.5. The lowest BCUT2D eigenvalue weighted by Gasteiger charge is -2.31. The van der Waals surface area contributed by atoms with Crippen molar-refractivity contribution < 1.29 is 13.2 Å². The van der Waals surface area contributed by atoms with Gasteiger partial charge >= 0.3 is 0 Å². The summed E-state index contributed by atoms with van der Waals surface area (Å²) in [6.45, 7) is 2.70. The molecule has 0 aliphatic carbocycles. The number of nitrogens with two attached hydrogens (primary N) is 1. The van der Waals surface area contributed by atoms with Crippen LogP contribution >= 0.6 is 0 Å². The standard InChI is InChI=1S/C12H17N3O3S/c1-9(16)10-2-3-12(14-8-10)15-6-4-11(5-7-15)19(13,17)18/h2-3,8,11H,4-7H2,1H3,(H2,13,17,18). The maximum Gasteiger partial charge on any atom is 0.212 e. The van der Waals surface area contributed by atoms with Crippen molar-refractivity contribution in [3.63, 3.8) is 0 Å². The second-order valence-corrected chi connectivity index (χ2v) is 6.58. The van der Waals surface area contributed by atoms with Gasteiger partial charge in [0.05, 0.1) is 5.25 Å². The first kappa shape index (κ1) is 14.0. The molecule has 0 amide bonds. The molecule has 1 fully saturated rings. The van der Waals surface area contributed by atoms with Crippen molar-refractivity contribution in [1.82, 2.24) is 4.98 Å². The van der Waals surface area contributed by atoms with Gasteiger partial charge in [0.1, 0.15) is 5.82 Å². The zero-order valence-corrected chi connectivity index (χ0v) is 11.6. The monoisotopic (exact) mass is 283 g/mol. The molecule has 2 rings (SSSR count). The van der Waals surface area contributed by atoms with E-state index < -0.39 is 15.3 Å². The van der Waals surface area contributed by atoms with Crippen LogP contribution in [0.25, 0.3) is 0 Å². The number of ketones is 1. The van der Waals surface area contributed by atoms with E-state index in [0.717, 1.165) is 5.82 Å². The summed E-state index contributed by atoms with van der Waals surface area (Å²) in [4.78, 5) is 17.4. The van der Waals surface area contributed by atoms with E-state index in [-0.39, 0.29) is 5.78 Å². The number of sulfonamides is 1. The lowest BCUT2D eigenvalue weighted by atomic mass is 10.1. The lowest BCUT2D eigenvalue weighted by molar-refractivity contribution is 0.101. The third-order valence-electron chi connectivity index (χ3n) is 3.38. The van der Waals surface area contributed by atoms with Crippen molar-refractivity contribution in [3.8, 4) is 0 Å². The smallest absolute Gasteiger partial charge is 0.212 e. The molecule has 0 bridgehead atoms. The Balaban J connectivity index is 2.03. The van der Waals surface area contributed by atoms with Crippen molar-refractivity contribution in [2.24, 2.45) is 5.14 Å². The van der Waals surface area contributed by atoms with Gasteiger partial charge in [-0.2, -0.15) is 0 Å². The van der Waals surface area contributed by atoms with Gasteiger partial charge in [0.15, 0.2) is 5.78 Å². The average Bonchev–Trinajstić information content (AvgIpc) is 2.38. The Labute approximate surface area is 112 Å². The molecule has 0 aromatic carbocycles. The molecule has 0 radical (unpaired) electrons. The first-order valence-electron chi connectivity index (χ1n) is 6.11. The van der Waals surface area contributed by atoms with Gasteiger partial charge in [-0.3, -0.25) is 4.79 Å². The number of hydrogen-bond donors (Lipinski definition) is 1. The number of rotatable bonds is 3. The van der Waals surface area contributed by atoms with Crippen LogP contribution in [0.2, 0.25) is 0 Å². The van der Waals surface area contributed by atoms with Gasteiger partial charge in [0, 0.05) is 24.8 Å². The number of piperidine rings is 1. The molecule has 1 aromatic heterocycles. The Bertz CT molecular complexity index is 560. The predicted octanol–water partition coefficient (Wildman–Crippen LogP) is 0.541. The fourth-order valence-electron chi connectivity index (χ4n) is 2.19. The third-order valence-corrected chi connectivity index (χ3v) is 4.79. The van der Waals surface area contributed by atoms with E-state index >= 15 is 0 Å². The van der Waals surface area contributed by atoms with Crippen LogP contribution in [0.3, 0.4) is 0 Å². The second kappa shape index (κ2) is 5.26. The van der Waals surface area contributed by atoms with Gasteiger partial charge in [-0.05, 0) is 31.9 Å².